The zero-order valence-corrected chi connectivity index (χ0v) is 13.9. The van der Waals surface area contributed by atoms with E-state index in [1.54, 1.807) is 0 Å². The normalized spacial score (nSPS) is 11.9. The lowest BCUT2D eigenvalue weighted by Gasteiger charge is -2.24. The van der Waals surface area contributed by atoms with Gasteiger partial charge in [0, 0.05) is 32.4 Å². The predicted molar refractivity (Wildman–Crippen MR) is 84.8 cm³/mol. The summed E-state index contributed by atoms with van der Waals surface area (Å²) < 4.78 is 5.22. The molecule has 0 radical (unpaired) electrons. The van der Waals surface area contributed by atoms with Crippen LogP contribution in [0.4, 0.5) is 5.00 Å². The van der Waals surface area contributed by atoms with E-state index in [9.17, 15) is 19.7 Å². The number of amides is 1. The summed E-state index contributed by atoms with van der Waals surface area (Å²) >= 11 is 0.788. The van der Waals surface area contributed by atoms with E-state index in [1.165, 1.54) is 24.0 Å². The molecule has 23 heavy (non-hydrogen) atoms. The first-order chi connectivity index (χ1) is 10.9. The Bertz CT molecular complexity index is 559. The number of hydrogen-bond acceptors (Lipinski definition) is 6. The van der Waals surface area contributed by atoms with Crippen LogP contribution in [-0.4, -0.2) is 53.1 Å². The average Bonchev–Trinajstić information content (AvgIpc) is 2.99. The minimum absolute atomic E-state index is 0.0476. The topological polar surface area (TPSA) is 110 Å². The molecule has 0 aliphatic heterocycles. The van der Waals surface area contributed by atoms with Crippen molar-refractivity contribution in [2.45, 2.75) is 20.3 Å². The summed E-state index contributed by atoms with van der Waals surface area (Å²) in [7, 11) is 0. The van der Waals surface area contributed by atoms with Crippen LogP contribution in [0, 0.1) is 16.0 Å². The maximum absolute atomic E-state index is 12.5. The van der Waals surface area contributed by atoms with Gasteiger partial charge in [-0.25, -0.2) is 0 Å². The Labute approximate surface area is 137 Å². The zero-order valence-electron chi connectivity index (χ0n) is 13.1. The van der Waals surface area contributed by atoms with Crippen molar-refractivity contribution in [2.75, 3.05) is 26.3 Å². The van der Waals surface area contributed by atoms with Crippen LogP contribution in [-0.2, 0) is 9.53 Å². The maximum atomic E-state index is 12.5. The number of aliphatic carboxylic acids is 1. The number of nitrogens with zero attached hydrogens (tertiary/aromatic N) is 2. The van der Waals surface area contributed by atoms with Crippen LogP contribution in [0.25, 0.3) is 0 Å². The third-order valence-corrected chi connectivity index (χ3v) is 4.13. The highest BCUT2D eigenvalue weighted by Crippen LogP contribution is 2.25. The lowest BCUT2D eigenvalue weighted by Crippen LogP contribution is -2.37. The summed E-state index contributed by atoms with van der Waals surface area (Å²) in [6.45, 7) is 4.79. The number of carboxylic acid groups (broad SMARTS) is 1. The van der Waals surface area contributed by atoms with E-state index in [0.717, 1.165) is 11.3 Å². The molecule has 0 aliphatic carbocycles. The minimum atomic E-state index is -0.996. The average molecular weight is 344 g/mol. The maximum Gasteiger partial charge on any atom is 0.324 e. The number of nitro groups is 1. The number of hydrogen-bond donors (Lipinski definition) is 1. The fourth-order valence-electron chi connectivity index (χ4n) is 1.88. The molecule has 1 atom stereocenters. The highest BCUT2D eigenvalue weighted by atomic mass is 32.1. The Morgan fingerprint density at radius 3 is 2.70 bits per heavy atom. The summed E-state index contributed by atoms with van der Waals surface area (Å²) in [5.41, 5.74) is 0. The van der Waals surface area contributed by atoms with Gasteiger partial charge in [-0.2, -0.15) is 0 Å². The first kappa shape index (κ1) is 19.0. The van der Waals surface area contributed by atoms with E-state index in [1.807, 2.05) is 6.92 Å². The fraction of sp³-hybridized carbons (Fsp3) is 0.571. The first-order valence-corrected chi connectivity index (χ1v) is 8.02. The molecule has 0 spiro atoms. The molecule has 0 bridgehead atoms. The van der Waals surface area contributed by atoms with Gasteiger partial charge in [0.1, 0.15) is 0 Å². The molecule has 8 nitrogen and oxygen atoms in total. The highest BCUT2D eigenvalue weighted by molar-refractivity contribution is 7.17. The second kappa shape index (κ2) is 9.21. The van der Waals surface area contributed by atoms with Gasteiger partial charge in [-0.1, -0.05) is 18.3 Å². The van der Waals surface area contributed by atoms with Crippen LogP contribution >= 0.6 is 11.3 Å². The number of rotatable bonds is 10. The Kier molecular flexibility index (Phi) is 7.63. The quantitative estimate of drug-likeness (QED) is 0.396. The third kappa shape index (κ3) is 5.95. The van der Waals surface area contributed by atoms with E-state index in [2.05, 4.69) is 0 Å². The van der Waals surface area contributed by atoms with Crippen molar-refractivity contribution in [1.29, 1.82) is 0 Å². The molecule has 1 heterocycles. The molecular weight excluding hydrogens is 324 g/mol. The second-order valence-corrected chi connectivity index (χ2v) is 6.00. The van der Waals surface area contributed by atoms with E-state index in [0.29, 0.717) is 26.2 Å². The molecule has 0 saturated carbocycles. The van der Waals surface area contributed by atoms with Gasteiger partial charge in [-0.05, 0) is 19.4 Å². The SMILES string of the molecule is CCOCCCN(CC(C)C(=O)O)C(=O)c1ccc([N+](=O)[O-])s1. The van der Waals surface area contributed by atoms with Gasteiger partial charge >= 0.3 is 11.0 Å². The number of ether oxygens (including phenoxy) is 1. The second-order valence-electron chi connectivity index (χ2n) is 4.94. The highest BCUT2D eigenvalue weighted by Gasteiger charge is 2.24. The van der Waals surface area contributed by atoms with Gasteiger partial charge in [0.2, 0.25) is 0 Å². The van der Waals surface area contributed by atoms with Crippen LogP contribution in [0.1, 0.15) is 29.9 Å². The molecule has 1 aromatic heterocycles. The van der Waals surface area contributed by atoms with Crippen molar-refractivity contribution in [3.63, 3.8) is 0 Å². The molecule has 0 fully saturated rings. The smallest absolute Gasteiger partial charge is 0.324 e. The van der Waals surface area contributed by atoms with Crippen molar-refractivity contribution in [1.82, 2.24) is 4.90 Å². The van der Waals surface area contributed by atoms with Crippen LogP contribution in [0.2, 0.25) is 0 Å². The van der Waals surface area contributed by atoms with E-state index in [4.69, 9.17) is 9.84 Å². The molecule has 0 aromatic carbocycles. The molecule has 1 unspecified atom stereocenters. The Morgan fingerprint density at radius 2 is 2.17 bits per heavy atom. The minimum Gasteiger partial charge on any atom is -0.481 e. The molecule has 1 N–H and O–H groups in total. The fourth-order valence-corrected chi connectivity index (χ4v) is 2.67. The monoisotopic (exact) mass is 344 g/mol. The predicted octanol–water partition coefficient (Wildman–Crippen LogP) is 2.25. The van der Waals surface area contributed by atoms with Crippen molar-refractivity contribution in [3.05, 3.63) is 27.1 Å². The number of carbonyl (C=O) groups is 2. The van der Waals surface area contributed by atoms with Gasteiger partial charge in [0.25, 0.3) is 5.91 Å². The van der Waals surface area contributed by atoms with Crippen LogP contribution in [0.5, 0.6) is 0 Å². The summed E-state index contributed by atoms with van der Waals surface area (Å²) in [5, 5.41) is 19.6. The van der Waals surface area contributed by atoms with Gasteiger partial charge in [0.05, 0.1) is 15.7 Å². The van der Waals surface area contributed by atoms with Crippen LogP contribution in [0.3, 0.4) is 0 Å². The van der Waals surface area contributed by atoms with Crippen molar-refractivity contribution in [2.24, 2.45) is 5.92 Å². The Balaban J connectivity index is 2.80. The molecule has 9 heteroatoms. The van der Waals surface area contributed by atoms with E-state index < -0.39 is 22.7 Å². The summed E-state index contributed by atoms with van der Waals surface area (Å²) in [5.74, 6) is -2.11. The zero-order chi connectivity index (χ0) is 17.4. The molecule has 1 rings (SSSR count). The summed E-state index contributed by atoms with van der Waals surface area (Å²) in [4.78, 5) is 35.3. The molecule has 0 aliphatic rings. The number of carbonyl (C=O) groups excluding carboxylic acids is 1. The standard InChI is InChI=1S/C14H20N2O6S/c1-3-22-8-4-7-15(9-10(2)14(18)19)13(17)11-5-6-12(23-11)16(20)21/h5-6,10H,3-4,7-9H2,1-2H3,(H,18,19). The van der Waals surface area contributed by atoms with Crippen molar-refractivity contribution >= 4 is 28.2 Å². The van der Waals surface area contributed by atoms with E-state index in [-0.39, 0.29) is 16.4 Å². The Hall–Kier alpha value is -2.00. The third-order valence-electron chi connectivity index (χ3n) is 3.11. The van der Waals surface area contributed by atoms with Crippen molar-refractivity contribution in [3.8, 4) is 0 Å². The Morgan fingerprint density at radius 1 is 1.48 bits per heavy atom. The molecule has 0 saturated heterocycles. The first-order valence-electron chi connectivity index (χ1n) is 7.20. The number of thiophene rings is 1. The number of carboxylic acids is 1. The van der Waals surface area contributed by atoms with Gasteiger partial charge < -0.3 is 14.7 Å². The summed E-state index contributed by atoms with van der Waals surface area (Å²) in [6, 6.07) is 2.67. The van der Waals surface area contributed by atoms with Gasteiger partial charge in [-0.3, -0.25) is 19.7 Å². The molecule has 128 valence electrons. The van der Waals surface area contributed by atoms with Crippen molar-refractivity contribution < 1.29 is 24.4 Å². The molecule has 1 amide bonds. The molecule has 1 aromatic rings. The molecular formula is C14H20N2O6S. The lowest BCUT2D eigenvalue weighted by molar-refractivity contribution is -0.380. The van der Waals surface area contributed by atoms with Gasteiger partial charge in [-0.15, -0.1) is 0 Å². The van der Waals surface area contributed by atoms with Crippen LogP contribution < -0.4 is 0 Å². The van der Waals surface area contributed by atoms with Crippen LogP contribution in [0.15, 0.2) is 12.1 Å². The van der Waals surface area contributed by atoms with Gasteiger partial charge in [0.15, 0.2) is 0 Å². The van der Waals surface area contributed by atoms with E-state index >= 15 is 0 Å². The largest absolute Gasteiger partial charge is 0.481 e. The lowest BCUT2D eigenvalue weighted by atomic mass is 10.1. The summed E-state index contributed by atoms with van der Waals surface area (Å²) in [6.07, 6.45) is 0.569.